The van der Waals surface area contributed by atoms with Gasteiger partial charge in [0.05, 0.1) is 21.3 Å². The van der Waals surface area contributed by atoms with Crippen LogP contribution in [0.25, 0.3) is 10.2 Å². The van der Waals surface area contributed by atoms with Gasteiger partial charge in [0, 0.05) is 6.42 Å². The SMILES string of the molecule is O=C(CCCc1nc2ccccc2s1)N[C@@H]1CCc2ccccc21. The molecule has 0 unspecified atom stereocenters. The molecule has 1 aliphatic rings. The zero-order chi connectivity index (χ0) is 16.4. The lowest BCUT2D eigenvalue weighted by atomic mass is 10.1. The summed E-state index contributed by atoms with van der Waals surface area (Å²) in [5.74, 6) is 0.151. The van der Waals surface area contributed by atoms with Gasteiger partial charge in [0.2, 0.25) is 5.91 Å². The van der Waals surface area contributed by atoms with Gasteiger partial charge in [-0.15, -0.1) is 11.3 Å². The number of amides is 1. The second-order valence-electron chi connectivity index (χ2n) is 6.29. The molecule has 1 N–H and O–H groups in total. The minimum Gasteiger partial charge on any atom is -0.349 e. The first-order chi connectivity index (χ1) is 11.8. The van der Waals surface area contributed by atoms with E-state index in [1.165, 1.54) is 15.8 Å². The van der Waals surface area contributed by atoms with Gasteiger partial charge in [0.15, 0.2) is 0 Å². The van der Waals surface area contributed by atoms with Crippen molar-refractivity contribution in [3.05, 3.63) is 64.7 Å². The number of nitrogens with zero attached hydrogens (tertiary/aromatic N) is 1. The van der Waals surface area contributed by atoms with Gasteiger partial charge in [-0.25, -0.2) is 4.98 Å². The molecule has 122 valence electrons. The molecule has 0 saturated heterocycles. The first kappa shape index (κ1) is 15.3. The lowest BCUT2D eigenvalue weighted by Gasteiger charge is -2.13. The third kappa shape index (κ3) is 3.20. The van der Waals surface area contributed by atoms with Gasteiger partial charge in [-0.3, -0.25) is 4.79 Å². The number of thiazole rings is 1. The summed E-state index contributed by atoms with van der Waals surface area (Å²) in [6, 6.07) is 16.8. The maximum absolute atomic E-state index is 12.2. The molecule has 2 aromatic carbocycles. The molecular weight excluding hydrogens is 316 g/mol. The highest BCUT2D eigenvalue weighted by Gasteiger charge is 2.23. The van der Waals surface area contributed by atoms with E-state index in [1.807, 2.05) is 18.2 Å². The Morgan fingerprint density at radius 3 is 2.92 bits per heavy atom. The highest BCUT2D eigenvalue weighted by Crippen LogP contribution is 2.30. The van der Waals surface area contributed by atoms with Crippen molar-refractivity contribution in [2.24, 2.45) is 0 Å². The van der Waals surface area contributed by atoms with Gasteiger partial charge in [0.25, 0.3) is 0 Å². The summed E-state index contributed by atoms with van der Waals surface area (Å²) in [5.41, 5.74) is 3.72. The number of aromatic nitrogens is 1. The zero-order valence-electron chi connectivity index (χ0n) is 13.5. The summed E-state index contributed by atoms with van der Waals surface area (Å²) in [6.45, 7) is 0. The van der Waals surface area contributed by atoms with Crippen molar-refractivity contribution in [3.8, 4) is 0 Å². The number of fused-ring (bicyclic) bond motifs is 2. The summed E-state index contributed by atoms with van der Waals surface area (Å²) in [6.07, 6.45) is 4.36. The molecule has 0 saturated carbocycles. The fourth-order valence-electron chi connectivity index (χ4n) is 3.40. The predicted octanol–water partition coefficient (Wildman–Crippen LogP) is 4.42. The number of benzene rings is 2. The third-order valence-electron chi connectivity index (χ3n) is 4.60. The maximum Gasteiger partial charge on any atom is 0.220 e. The minimum absolute atomic E-state index is 0.151. The standard InChI is InChI=1S/C20H20N2OS/c23-19(21-16-13-12-14-6-1-2-7-15(14)16)10-5-11-20-22-17-8-3-4-9-18(17)24-20/h1-4,6-9,16H,5,10-13H2,(H,21,23)/t16-/m1/s1. The topological polar surface area (TPSA) is 42.0 Å². The molecule has 4 rings (SSSR count). The van der Waals surface area contributed by atoms with E-state index in [4.69, 9.17) is 0 Å². The lowest BCUT2D eigenvalue weighted by molar-refractivity contribution is -0.121. The van der Waals surface area contributed by atoms with Crippen LogP contribution in [0.5, 0.6) is 0 Å². The molecule has 24 heavy (non-hydrogen) atoms. The van der Waals surface area contributed by atoms with Crippen LogP contribution in [0.1, 0.15) is 41.4 Å². The minimum atomic E-state index is 0.151. The molecule has 0 bridgehead atoms. The van der Waals surface area contributed by atoms with Crippen molar-refractivity contribution < 1.29 is 4.79 Å². The van der Waals surface area contributed by atoms with Gasteiger partial charge in [-0.1, -0.05) is 36.4 Å². The molecule has 1 amide bonds. The van der Waals surface area contributed by atoms with Gasteiger partial charge in [-0.2, -0.15) is 0 Å². The fourth-order valence-corrected chi connectivity index (χ4v) is 4.41. The van der Waals surface area contributed by atoms with Crippen molar-refractivity contribution in [1.82, 2.24) is 10.3 Å². The van der Waals surface area contributed by atoms with E-state index in [0.29, 0.717) is 6.42 Å². The average Bonchev–Trinajstić information content (AvgIpc) is 3.19. The van der Waals surface area contributed by atoms with Gasteiger partial charge >= 0.3 is 0 Å². The maximum atomic E-state index is 12.2. The molecule has 0 radical (unpaired) electrons. The Morgan fingerprint density at radius 2 is 2.00 bits per heavy atom. The monoisotopic (exact) mass is 336 g/mol. The smallest absolute Gasteiger partial charge is 0.220 e. The Bertz CT molecular complexity index is 838. The number of hydrogen-bond donors (Lipinski definition) is 1. The number of carbonyl (C=O) groups is 1. The molecule has 3 aromatic rings. The van der Waals surface area contributed by atoms with E-state index in [0.717, 1.165) is 36.2 Å². The van der Waals surface area contributed by atoms with Crippen molar-refractivity contribution >= 4 is 27.5 Å². The normalized spacial score (nSPS) is 16.2. The number of hydrogen-bond acceptors (Lipinski definition) is 3. The van der Waals surface area contributed by atoms with Gasteiger partial charge in [0.1, 0.15) is 0 Å². The summed E-state index contributed by atoms with van der Waals surface area (Å²) in [7, 11) is 0. The van der Waals surface area contributed by atoms with Crippen molar-refractivity contribution in [1.29, 1.82) is 0 Å². The highest BCUT2D eigenvalue weighted by atomic mass is 32.1. The summed E-state index contributed by atoms with van der Waals surface area (Å²) < 4.78 is 1.22. The van der Waals surface area contributed by atoms with Crippen LogP contribution in [0.3, 0.4) is 0 Å². The van der Waals surface area contributed by atoms with Gasteiger partial charge in [-0.05, 0) is 48.9 Å². The van der Waals surface area contributed by atoms with E-state index in [2.05, 4.69) is 40.6 Å². The molecule has 1 atom stereocenters. The van der Waals surface area contributed by atoms with Crippen LogP contribution >= 0.6 is 11.3 Å². The molecule has 1 aliphatic carbocycles. The lowest BCUT2D eigenvalue weighted by Crippen LogP contribution is -2.26. The number of nitrogens with one attached hydrogen (secondary N) is 1. The Balaban J connectivity index is 1.29. The summed E-state index contributed by atoms with van der Waals surface area (Å²) >= 11 is 1.73. The second kappa shape index (κ2) is 6.73. The Hall–Kier alpha value is -2.20. The average molecular weight is 336 g/mol. The third-order valence-corrected chi connectivity index (χ3v) is 5.70. The van der Waals surface area contributed by atoms with Crippen LogP contribution in [-0.2, 0) is 17.6 Å². The van der Waals surface area contributed by atoms with E-state index in [9.17, 15) is 4.79 Å². The molecular formula is C20H20N2OS. The number of carbonyl (C=O) groups excluding carboxylic acids is 1. The van der Waals surface area contributed by atoms with Crippen molar-refractivity contribution in [3.63, 3.8) is 0 Å². The molecule has 1 aromatic heterocycles. The predicted molar refractivity (Wildman–Crippen MR) is 98.2 cm³/mol. The van der Waals surface area contributed by atoms with E-state index >= 15 is 0 Å². The van der Waals surface area contributed by atoms with Crippen molar-refractivity contribution in [2.75, 3.05) is 0 Å². The number of rotatable bonds is 5. The van der Waals surface area contributed by atoms with E-state index < -0.39 is 0 Å². The van der Waals surface area contributed by atoms with Gasteiger partial charge < -0.3 is 5.32 Å². The molecule has 0 fully saturated rings. The quantitative estimate of drug-likeness (QED) is 0.749. The van der Waals surface area contributed by atoms with Crippen LogP contribution in [0.4, 0.5) is 0 Å². The largest absolute Gasteiger partial charge is 0.349 e. The molecule has 3 nitrogen and oxygen atoms in total. The summed E-state index contributed by atoms with van der Waals surface area (Å²) in [4.78, 5) is 16.9. The first-order valence-corrected chi connectivity index (χ1v) is 9.33. The zero-order valence-corrected chi connectivity index (χ0v) is 14.3. The molecule has 0 spiro atoms. The Labute approximate surface area is 145 Å². The van der Waals surface area contributed by atoms with Crippen LogP contribution in [0.15, 0.2) is 48.5 Å². The molecule has 4 heteroatoms. The van der Waals surface area contributed by atoms with E-state index in [-0.39, 0.29) is 11.9 Å². The Kier molecular flexibility index (Phi) is 4.30. The van der Waals surface area contributed by atoms with Crippen LogP contribution in [0, 0.1) is 0 Å². The van der Waals surface area contributed by atoms with E-state index in [1.54, 1.807) is 11.3 Å². The second-order valence-corrected chi connectivity index (χ2v) is 7.40. The van der Waals surface area contributed by atoms with Crippen LogP contribution in [0.2, 0.25) is 0 Å². The fraction of sp³-hybridized carbons (Fsp3) is 0.300. The highest BCUT2D eigenvalue weighted by molar-refractivity contribution is 7.18. The number of para-hydroxylation sites is 1. The van der Waals surface area contributed by atoms with Crippen LogP contribution < -0.4 is 5.32 Å². The summed E-state index contributed by atoms with van der Waals surface area (Å²) in [5, 5.41) is 4.31. The van der Waals surface area contributed by atoms with Crippen molar-refractivity contribution in [2.45, 2.75) is 38.1 Å². The first-order valence-electron chi connectivity index (χ1n) is 8.51. The number of aryl methyl sites for hydroxylation is 2. The molecule has 1 heterocycles. The molecule has 0 aliphatic heterocycles. The van der Waals surface area contributed by atoms with Crippen LogP contribution in [-0.4, -0.2) is 10.9 Å². The Morgan fingerprint density at radius 1 is 1.17 bits per heavy atom.